The number of aromatic nitrogens is 3. The molecule has 0 amide bonds. The smallest absolute Gasteiger partial charge is 0.744 e. The zero-order chi connectivity index (χ0) is 30.4. The van der Waals surface area contributed by atoms with Crippen LogP contribution in [0, 0.1) is 0 Å². The molecule has 45 heavy (non-hydrogen) atoms. The molecule has 0 aliphatic rings. The van der Waals surface area contributed by atoms with Gasteiger partial charge in [0.15, 0.2) is 17.5 Å². The normalized spacial score (nSPS) is 11.0. The van der Waals surface area contributed by atoms with Crippen molar-refractivity contribution in [2.45, 2.75) is 18.1 Å². The Kier molecular flexibility index (Phi) is 10.9. The van der Waals surface area contributed by atoms with Gasteiger partial charge in [0.2, 0.25) is 0 Å². The van der Waals surface area contributed by atoms with Gasteiger partial charge in [-0.25, -0.2) is 23.4 Å². The van der Waals surface area contributed by atoms with Gasteiger partial charge >= 0.3 is 51.4 Å². The van der Waals surface area contributed by atoms with E-state index in [1.807, 2.05) is 109 Å². The molecule has 0 N–H and O–H groups in total. The van der Waals surface area contributed by atoms with Gasteiger partial charge in [-0.15, -0.1) is 0 Å². The van der Waals surface area contributed by atoms with E-state index >= 15 is 0 Å². The van der Waals surface area contributed by atoms with Crippen LogP contribution in [0.25, 0.3) is 34.2 Å². The minimum absolute atomic E-state index is 0. The molecule has 8 nitrogen and oxygen atoms in total. The first-order valence-electron chi connectivity index (χ1n) is 13.8. The summed E-state index contributed by atoms with van der Waals surface area (Å²) < 4.78 is 46.2. The molecule has 1 heterocycles. The van der Waals surface area contributed by atoms with Crippen molar-refractivity contribution in [3.63, 3.8) is 0 Å². The van der Waals surface area contributed by atoms with Gasteiger partial charge in [-0.2, -0.15) is 0 Å². The Hall–Kier alpha value is -3.74. The molecule has 218 valence electrons. The zero-order valence-electron chi connectivity index (χ0n) is 24.4. The Balaban J connectivity index is 0.00000400. The number of benzene rings is 5. The first-order valence-corrected chi connectivity index (χ1v) is 15.2. The second-order valence-corrected chi connectivity index (χ2v) is 11.3. The van der Waals surface area contributed by atoms with Gasteiger partial charge in [0.1, 0.15) is 34.8 Å². The van der Waals surface area contributed by atoms with E-state index < -0.39 is 10.1 Å². The van der Waals surface area contributed by atoms with Crippen molar-refractivity contribution in [3.05, 3.63) is 145 Å². The van der Waals surface area contributed by atoms with Crippen LogP contribution in [0.15, 0.2) is 138 Å². The van der Waals surface area contributed by atoms with Crippen molar-refractivity contribution in [2.75, 3.05) is 0 Å². The van der Waals surface area contributed by atoms with Gasteiger partial charge < -0.3 is 14.0 Å². The van der Waals surface area contributed by atoms with Crippen molar-refractivity contribution in [3.8, 4) is 45.7 Å². The van der Waals surface area contributed by atoms with Crippen molar-refractivity contribution in [2.24, 2.45) is 0 Å². The fourth-order valence-electron chi connectivity index (χ4n) is 4.42. The second kappa shape index (κ2) is 15.0. The van der Waals surface area contributed by atoms with E-state index in [2.05, 4.69) is 9.97 Å². The number of hydrogen-bond acceptors (Lipinski definition) is 8. The number of rotatable bonds is 10. The molecule has 6 aromatic rings. The number of hydrogen-bond donors (Lipinski definition) is 0. The van der Waals surface area contributed by atoms with Gasteiger partial charge in [0.25, 0.3) is 0 Å². The van der Waals surface area contributed by atoms with Crippen molar-refractivity contribution >= 4 is 10.1 Å². The molecule has 0 atom stereocenters. The Labute approximate surface area is 304 Å². The summed E-state index contributed by atoms with van der Waals surface area (Å²) in [6.07, 6.45) is 0. The van der Waals surface area contributed by atoms with Crippen LogP contribution in [-0.4, -0.2) is 27.9 Å². The van der Waals surface area contributed by atoms with Crippen LogP contribution in [0.3, 0.4) is 0 Å². The molecular weight excluding hydrogens is 614 g/mol. The van der Waals surface area contributed by atoms with E-state index in [1.54, 1.807) is 0 Å². The molecule has 0 unspecified atom stereocenters. The maximum absolute atomic E-state index is 11.5. The monoisotopic (exact) mass is 639 g/mol. The Morgan fingerprint density at radius 2 is 0.822 bits per heavy atom. The Bertz CT molecular complexity index is 1850. The van der Waals surface area contributed by atoms with Gasteiger partial charge in [0, 0.05) is 16.7 Å². The largest absolute Gasteiger partial charge is 1.00 e. The van der Waals surface area contributed by atoms with Gasteiger partial charge in [-0.05, 0) is 83.9 Å². The summed E-state index contributed by atoms with van der Waals surface area (Å²) in [7, 11) is -4.58. The van der Waals surface area contributed by atoms with Crippen LogP contribution < -0.4 is 60.9 Å². The molecule has 0 spiro atoms. The summed E-state index contributed by atoms with van der Waals surface area (Å²) in [6.45, 7) is 0.890. The molecule has 0 aliphatic heterocycles. The molecule has 0 saturated heterocycles. The van der Waals surface area contributed by atoms with Crippen LogP contribution in [0.5, 0.6) is 11.5 Å². The average Bonchev–Trinajstić information content (AvgIpc) is 3.07. The molecule has 0 fully saturated rings. The van der Waals surface area contributed by atoms with E-state index in [-0.39, 0.29) is 56.3 Å². The van der Waals surface area contributed by atoms with E-state index in [9.17, 15) is 13.0 Å². The molecule has 5 aromatic carbocycles. The fourth-order valence-corrected chi connectivity index (χ4v) is 4.89. The first kappa shape index (κ1) is 32.6. The van der Waals surface area contributed by atoms with E-state index in [0.717, 1.165) is 22.3 Å². The summed E-state index contributed by atoms with van der Waals surface area (Å²) in [4.78, 5) is 13.8. The quantitative estimate of drug-likeness (QED) is 0.164. The fraction of sp³-hybridized carbons (Fsp3) is 0.0571. The standard InChI is InChI=1S/C35H27N3O5S.K/c39-44(40,41)32-21-15-29(16-22-32)35-37-33(27-11-17-30(18-12-27)42-23-25-7-3-1-4-8-25)36-34(38-35)28-13-19-31(20-14-28)43-24-26-9-5-2-6-10-26;/h1-22H,23-24H2,(H,39,40,41);/q;+1/p-1. The molecule has 0 bridgehead atoms. The number of ether oxygens (including phenoxy) is 2. The predicted molar refractivity (Wildman–Crippen MR) is 166 cm³/mol. The van der Waals surface area contributed by atoms with E-state index in [1.165, 1.54) is 24.3 Å². The van der Waals surface area contributed by atoms with E-state index in [0.29, 0.717) is 47.7 Å². The van der Waals surface area contributed by atoms with Crippen LogP contribution in [0.1, 0.15) is 11.1 Å². The van der Waals surface area contributed by atoms with Crippen molar-refractivity contribution < 1.29 is 73.8 Å². The van der Waals surface area contributed by atoms with Gasteiger partial charge in [0.05, 0.1) is 4.90 Å². The SMILES string of the molecule is O=S(=O)([O-])c1ccc(-c2nc(-c3ccc(OCc4ccccc4)cc3)nc(-c3ccc(OCc4ccccc4)cc3)n2)cc1.[K+]. The van der Waals surface area contributed by atoms with Crippen LogP contribution in [-0.2, 0) is 23.3 Å². The van der Waals surface area contributed by atoms with Crippen molar-refractivity contribution in [1.29, 1.82) is 0 Å². The molecule has 0 saturated carbocycles. The zero-order valence-corrected chi connectivity index (χ0v) is 28.3. The van der Waals surface area contributed by atoms with Crippen LogP contribution >= 0.6 is 0 Å². The second-order valence-electron chi connectivity index (χ2n) is 9.88. The first-order chi connectivity index (χ1) is 21.4. The third kappa shape index (κ3) is 8.71. The summed E-state index contributed by atoms with van der Waals surface area (Å²) >= 11 is 0. The van der Waals surface area contributed by atoms with Crippen LogP contribution in [0.4, 0.5) is 0 Å². The molecule has 10 heteroatoms. The third-order valence-corrected chi connectivity index (χ3v) is 7.61. The molecule has 0 radical (unpaired) electrons. The minimum atomic E-state index is -4.58. The number of nitrogens with zero attached hydrogens (tertiary/aromatic N) is 3. The summed E-state index contributed by atoms with van der Waals surface area (Å²) in [5.41, 5.74) is 4.14. The molecule has 6 rings (SSSR count). The average molecular weight is 640 g/mol. The Morgan fingerprint density at radius 3 is 1.16 bits per heavy atom. The molecule has 1 aromatic heterocycles. The topological polar surface area (TPSA) is 114 Å². The maximum atomic E-state index is 11.5. The Morgan fingerprint density at radius 1 is 0.489 bits per heavy atom. The van der Waals surface area contributed by atoms with E-state index in [4.69, 9.17) is 14.5 Å². The maximum Gasteiger partial charge on any atom is 1.00 e. The van der Waals surface area contributed by atoms with Crippen LogP contribution in [0.2, 0.25) is 0 Å². The van der Waals surface area contributed by atoms with Gasteiger partial charge in [-0.3, -0.25) is 0 Å². The van der Waals surface area contributed by atoms with Gasteiger partial charge in [-0.1, -0.05) is 60.7 Å². The molecular formula is C35H26KN3O5S. The van der Waals surface area contributed by atoms with Crippen molar-refractivity contribution in [1.82, 2.24) is 15.0 Å². The minimum Gasteiger partial charge on any atom is -0.744 e. The predicted octanol–water partition coefficient (Wildman–Crippen LogP) is 3.94. The summed E-state index contributed by atoms with van der Waals surface area (Å²) in [5, 5.41) is 0. The molecule has 0 aliphatic carbocycles. The summed E-state index contributed by atoms with van der Waals surface area (Å²) in [5.74, 6) is 2.57. The summed E-state index contributed by atoms with van der Waals surface area (Å²) in [6, 6.07) is 40.2. The third-order valence-electron chi connectivity index (χ3n) is 6.76.